The van der Waals surface area contributed by atoms with E-state index in [2.05, 4.69) is 10.9 Å². The summed E-state index contributed by atoms with van der Waals surface area (Å²) in [6, 6.07) is 5.66. The molecule has 9 nitrogen and oxygen atoms in total. The van der Waals surface area contributed by atoms with Crippen molar-refractivity contribution in [2.75, 3.05) is 26.2 Å². The van der Waals surface area contributed by atoms with Gasteiger partial charge in [-0.2, -0.15) is 0 Å². The zero-order valence-electron chi connectivity index (χ0n) is 16.4. The molecular weight excluding hydrogens is 383 g/mol. The van der Waals surface area contributed by atoms with E-state index < -0.39 is 23.7 Å². The van der Waals surface area contributed by atoms with Crippen molar-refractivity contribution in [1.82, 2.24) is 20.7 Å². The number of nitrogens with one attached hydrogen (secondary N) is 2. The number of hydrazine groups is 1. The van der Waals surface area contributed by atoms with Crippen LogP contribution in [0.4, 0.5) is 4.39 Å². The quantitative estimate of drug-likeness (QED) is 0.655. The molecule has 10 heteroatoms. The molecular formula is C19H25FN4O5. The number of rotatable bonds is 6. The molecule has 0 spiro atoms. The number of benzene rings is 1. The van der Waals surface area contributed by atoms with Crippen molar-refractivity contribution in [2.24, 2.45) is 0 Å². The molecule has 0 aliphatic carbocycles. The number of nitrogens with zero attached hydrogens (tertiary/aromatic N) is 2. The standard InChI is InChI=1S/C19H25FN4O5/c1-13(29-16-6-4-3-5-15(16)20)19(28)22-21-17(26)7-8-18(27)24-11-9-23(10-12-24)14(2)25/h3-6,13H,7-12H2,1-2H3,(H,21,26)(H,22,28)/t13-/m1/s1. The maximum absolute atomic E-state index is 13.5. The van der Waals surface area contributed by atoms with Crippen LogP contribution in [0.25, 0.3) is 0 Å². The Bertz CT molecular complexity index is 765. The molecule has 1 fully saturated rings. The lowest BCUT2D eigenvalue weighted by atomic mass is 10.2. The monoisotopic (exact) mass is 408 g/mol. The summed E-state index contributed by atoms with van der Waals surface area (Å²) < 4.78 is 18.8. The topological polar surface area (TPSA) is 108 Å². The van der Waals surface area contributed by atoms with Gasteiger partial charge in [0.2, 0.25) is 17.7 Å². The van der Waals surface area contributed by atoms with E-state index in [-0.39, 0.29) is 30.4 Å². The highest BCUT2D eigenvalue weighted by Crippen LogP contribution is 2.16. The van der Waals surface area contributed by atoms with Crippen molar-refractivity contribution in [2.45, 2.75) is 32.8 Å². The predicted molar refractivity (Wildman–Crippen MR) is 101 cm³/mol. The van der Waals surface area contributed by atoms with Crippen LogP contribution in [0.5, 0.6) is 5.75 Å². The van der Waals surface area contributed by atoms with E-state index in [1.54, 1.807) is 15.9 Å². The lowest BCUT2D eigenvalue weighted by Crippen LogP contribution is -2.50. The van der Waals surface area contributed by atoms with Gasteiger partial charge in [-0.1, -0.05) is 12.1 Å². The van der Waals surface area contributed by atoms with Crippen LogP contribution in [0.1, 0.15) is 26.7 Å². The van der Waals surface area contributed by atoms with E-state index in [1.165, 1.54) is 32.0 Å². The van der Waals surface area contributed by atoms with E-state index in [0.717, 1.165) is 0 Å². The van der Waals surface area contributed by atoms with E-state index in [4.69, 9.17) is 4.74 Å². The van der Waals surface area contributed by atoms with Crippen LogP contribution in [0.3, 0.4) is 0 Å². The van der Waals surface area contributed by atoms with Gasteiger partial charge in [0.1, 0.15) is 0 Å². The summed E-state index contributed by atoms with van der Waals surface area (Å²) >= 11 is 0. The average Bonchev–Trinajstić information content (AvgIpc) is 2.71. The second-order valence-corrected chi connectivity index (χ2v) is 6.61. The SMILES string of the molecule is CC(=O)N1CCN(C(=O)CCC(=O)NNC(=O)[C@@H](C)Oc2ccccc2F)CC1. The number of carbonyl (C=O) groups excluding carboxylic acids is 4. The molecule has 1 aliphatic rings. The third kappa shape index (κ3) is 6.74. The number of ether oxygens (including phenoxy) is 1. The van der Waals surface area contributed by atoms with Gasteiger partial charge >= 0.3 is 0 Å². The van der Waals surface area contributed by atoms with Crippen molar-refractivity contribution in [3.63, 3.8) is 0 Å². The molecule has 0 radical (unpaired) electrons. The van der Waals surface area contributed by atoms with E-state index in [0.29, 0.717) is 26.2 Å². The number of hydrogen-bond acceptors (Lipinski definition) is 5. The van der Waals surface area contributed by atoms with Gasteiger partial charge in [-0.25, -0.2) is 4.39 Å². The highest BCUT2D eigenvalue weighted by atomic mass is 19.1. The van der Waals surface area contributed by atoms with Gasteiger partial charge in [-0.3, -0.25) is 30.0 Å². The molecule has 2 N–H and O–H groups in total. The number of piperazine rings is 1. The van der Waals surface area contributed by atoms with Crippen molar-refractivity contribution in [1.29, 1.82) is 0 Å². The number of halogens is 1. The molecule has 1 atom stereocenters. The van der Waals surface area contributed by atoms with E-state index in [1.807, 2.05) is 0 Å². The van der Waals surface area contributed by atoms with Gasteiger partial charge in [-0.15, -0.1) is 0 Å². The van der Waals surface area contributed by atoms with Gasteiger partial charge < -0.3 is 14.5 Å². The first-order valence-electron chi connectivity index (χ1n) is 9.31. The Hall–Kier alpha value is -3.17. The Labute approximate surface area is 168 Å². The van der Waals surface area contributed by atoms with Crippen LogP contribution < -0.4 is 15.6 Å². The Balaban J connectivity index is 1.67. The molecule has 2 rings (SSSR count). The summed E-state index contributed by atoms with van der Waals surface area (Å²) in [5.41, 5.74) is 4.40. The van der Waals surface area contributed by atoms with Crippen LogP contribution in [0.2, 0.25) is 0 Å². The minimum atomic E-state index is -1.04. The number of para-hydroxylation sites is 1. The first kappa shape index (κ1) is 22.1. The third-order valence-corrected chi connectivity index (χ3v) is 4.48. The molecule has 0 saturated carbocycles. The Kier molecular flexibility index (Phi) is 7.93. The van der Waals surface area contributed by atoms with Crippen LogP contribution in [-0.4, -0.2) is 65.7 Å². The highest BCUT2D eigenvalue weighted by Gasteiger charge is 2.23. The molecule has 1 aromatic carbocycles. The summed E-state index contributed by atoms with van der Waals surface area (Å²) in [6.45, 7) is 4.71. The molecule has 0 unspecified atom stereocenters. The first-order chi connectivity index (χ1) is 13.8. The second kappa shape index (κ2) is 10.4. The zero-order valence-corrected chi connectivity index (χ0v) is 16.4. The second-order valence-electron chi connectivity index (χ2n) is 6.61. The van der Waals surface area contributed by atoms with Crippen molar-refractivity contribution in [3.05, 3.63) is 30.1 Å². The van der Waals surface area contributed by atoms with Crippen LogP contribution in [-0.2, 0) is 19.2 Å². The van der Waals surface area contributed by atoms with Gasteiger partial charge in [0, 0.05) is 45.9 Å². The van der Waals surface area contributed by atoms with Gasteiger partial charge in [0.15, 0.2) is 17.7 Å². The minimum absolute atomic E-state index is 0.0109. The number of hydrogen-bond donors (Lipinski definition) is 2. The molecule has 158 valence electrons. The number of amides is 4. The summed E-state index contributed by atoms with van der Waals surface area (Å²) in [5.74, 6) is -2.08. The molecule has 1 aromatic rings. The molecule has 1 saturated heterocycles. The van der Waals surface area contributed by atoms with Crippen molar-refractivity contribution >= 4 is 23.6 Å². The minimum Gasteiger partial charge on any atom is -0.478 e. The molecule has 0 bridgehead atoms. The molecule has 4 amide bonds. The lowest BCUT2D eigenvalue weighted by Gasteiger charge is -2.34. The fourth-order valence-corrected chi connectivity index (χ4v) is 2.73. The third-order valence-electron chi connectivity index (χ3n) is 4.48. The van der Waals surface area contributed by atoms with Crippen molar-refractivity contribution < 1.29 is 28.3 Å². The van der Waals surface area contributed by atoms with Crippen LogP contribution in [0, 0.1) is 5.82 Å². The van der Waals surface area contributed by atoms with Crippen molar-refractivity contribution in [3.8, 4) is 5.75 Å². The lowest BCUT2D eigenvalue weighted by molar-refractivity contribution is -0.139. The number of carbonyl (C=O) groups is 4. The summed E-state index contributed by atoms with van der Waals surface area (Å²) in [7, 11) is 0. The smallest absolute Gasteiger partial charge is 0.279 e. The molecule has 29 heavy (non-hydrogen) atoms. The maximum atomic E-state index is 13.5. The fraction of sp³-hybridized carbons (Fsp3) is 0.474. The first-order valence-corrected chi connectivity index (χ1v) is 9.31. The van der Waals surface area contributed by atoms with E-state index in [9.17, 15) is 23.6 Å². The predicted octanol–water partition coefficient (Wildman–Crippen LogP) is 0.211. The maximum Gasteiger partial charge on any atom is 0.279 e. The average molecular weight is 408 g/mol. The summed E-state index contributed by atoms with van der Waals surface area (Å²) in [5, 5.41) is 0. The fourth-order valence-electron chi connectivity index (χ4n) is 2.73. The normalized spacial score (nSPS) is 14.7. The largest absolute Gasteiger partial charge is 0.478 e. The van der Waals surface area contributed by atoms with Crippen LogP contribution in [0.15, 0.2) is 24.3 Å². The molecule has 1 aliphatic heterocycles. The van der Waals surface area contributed by atoms with E-state index >= 15 is 0 Å². The Morgan fingerprint density at radius 1 is 1.03 bits per heavy atom. The highest BCUT2D eigenvalue weighted by molar-refractivity contribution is 5.87. The Morgan fingerprint density at radius 2 is 1.66 bits per heavy atom. The summed E-state index contributed by atoms with van der Waals surface area (Å²) in [6.07, 6.45) is -1.15. The molecule has 0 aromatic heterocycles. The Morgan fingerprint density at radius 3 is 2.28 bits per heavy atom. The molecule has 1 heterocycles. The van der Waals surface area contributed by atoms with Gasteiger partial charge in [0.05, 0.1) is 0 Å². The van der Waals surface area contributed by atoms with Gasteiger partial charge in [0.25, 0.3) is 5.91 Å². The zero-order chi connectivity index (χ0) is 21.4. The van der Waals surface area contributed by atoms with Crippen LogP contribution >= 0.6 is 0 Å². The van der Waals surface area contributed by atoms with Gasteiger partial charge in [-0.05, 0) is 19.1 Å². The summed E-state index contributed by atoms with van der Waals surface area (Å²) in [4.78, 5) is 50.5.